The fraction of sp³-hybridized carbons (Fsp3) is 0.368. The normalized spacial score (nSPS) is 14.3. The second-order valence-corrected chi connectivity index (χ2v) is 6.49. The molecule has 0 fully saturated rings. The molecular formula is C19H20O7. The van der Waals surface area contributed by atoms with E-state index in [1.807, 2.05) is 26.0 Å². The zero-order valence-corrected chi connectivity index (χ0v) is 14.9. The Balaban J connectivity index is 1.52. The van der Waals surface area contributed by atoms with Gasteiger partial charge in [0.2, 0.25) is 5.76 Å². The Morgan fingerprint density at radius 1 is 1.19 bits per heavy atom. The molecule has 0 N–H and O–H groups in total. The predicted molar refractivity (Wildman–Crippen MR) is 90.2 cm³/mol. The first-order valence-corrected chi connectivity index (χ1v) is 8.14. The van der Waals surface area contributed by atoms with E-state index in [9.17, 15) is 9.59 Å². The number of furan rings is 1. The number of hydrogen-bond acceptors (Lipinski definition) is 7. The molecule has 0 amide bonds. The Morgan fingerprint density at radius 3 is 2.77 bits per heavy atom. The van der Waals surface area contributed by atoms with Crippen LogP contribution >= 0.6 is 0 Å². The summed E-state index contributed by atoms with van der Waals surface area (Å²) < 4.78 is 26.3. The van der Waals surface area contributed by atoms with Crippen molar-refractivity contribution in [3.8, 4) is 11.5 Å². The molecule has 7 nitrogen and oxygen atoms in total. The quantitative estimate of drug-likeness (QED) is 0.732. The van der Waals surface area contributed by atoms with Gasteiger partial charge in [-0.2, -0.15) is 0 Å². The standard InChI is InChI=1S/C19H20O7/c1-19(2)9-12-5-4-6-14(17(12)26-19)23-11-16(20)24-10-13-7-8-15(25-13)18(21)22-3/h4-8H,9-11H2,1-3H3. The average Bonchev–Trinajstić information content (AvgIpc) is 3.20. The summed E-state index contributed by atoms with van der Waals surface area (Å²) in [6.45, 7) is 3.63. The number of carbonyl (C=O) groups is 2. The van der Waals surface area contributed by atoms with Crippen LogP contribution in [0.3, 0.4) is 0 Å². The molecule has 7 heteroatoms. The van der Waals surface area contributed by atoms with E-state index >= 15 is 0 Å². The lowest BCUT2D eigenvalue weighted by Gasteiger charge is -2.18. The SMILES string of the molecule is COC(=O)c1ccc(COC(=O)COc2cccc3c2OC(C)(C)C3)o1. The molecule has 2 aromatic rings. The van der Waals surface area contributed by atoms with Crippen LogP contribution in [0.4, 0.5) is 0 Å². The maximum atomic E-state index is 11.9. The number of methoxy groups -OCH3 is 1. The van der Waals surface area contributed by atoms with Gasteiger partial charge in [-0.25, -0.2) is 9.59 Å². The van der Waals surface area contributed by atoms with Gasteiger partial charge < -0.3 is 23.4 Å². The van der Waals surface area contributed by atoms with E-state index in [2.05, 4.69) is 4.74 Å². The van der Waals surface area contributed by atoms with Crippen LogP contribution in [0.2, 0.25) is 0 Å². The summed E-state index contributed by atoms with van der Waals surface area (Å²) in [5, 5.41) is 0. The van der Waals surface area contributed by atoms with Gasteiger partial charge in [-0.05, 0) is 32.0 Å². The Kier molecular flexibility index (Phi) is 4.88. The van der Waals surface area contributed by atoms with Gasteiger partial charge in [-0.3, -0.25) is 0 Å². The van der Waals surface area contributed by atoms with Crippen molar-refractivity contribution in [2.45, 2.75) is 32.5 Å². The molecule has 0 saturated carbocycles. The Hall–Kier alpha value is -2.96. The van der Waals surface area contributed by atoms with Gasteiger partial charge in [0.1, 0.15) is 18.0 Å². The molecule has 0 bridgehead atoms. The Morgan fingerprint density at radius 2 is 2.00 bits per heavy atom. The minimum Gasteiger partial charge on any atom is -0.483 e. The molecule has 1 aromatic heterocycles. The zero-order chi connectivity index (χ0) is 18.7. The van der Waals surface area contributed by atoms with Crippen molar-refractivity contribution in [2.75, 3.05) is 13.7 Å². The number of esters is 2. The maximum Gasteiger partial charge on any atom is 0.373 e. The number of benzene rings is 1. The smallest absolute Gasteiger partial charge is 0.373 e. The molecule has 0 saturated heterocycles. The van der Waals surface area contributed by atoms with Crippen LogP contribution in [0, 0.1) is 0 Å². The molecule has 1 aliphatic rings. The van der Waals surface area contributed by atoms with Crippen LogP contribution < -0.4 is 9.47 Å². The van der Waals surface area contributed by atoms with Gasteiger partial charge in [-0.15, -0.1) is 0 Å². The summed E-state index contributed by atoms with van der Waals surface area (Å²) in [5.41, 5.74) is 0.755. The number of para-hydroxylation sites is 1. The first-order chi connectivity index (χ1) is 12.4. The van der Waals surface area contributed by atoms with Gasteiger partial charge in [0, 0.05) is 12.0 Å². The molecule has 1 aliphatic heterocycles. The van der Waals surface area contributed by atoms with Gasteiger partial charge in [0.05, 0.1) is 7.11 Å². The lowest BCUT2D eigenvalue weighted by Crippen LogP contribution is -2.24. The fourth-order valence-corrected chi connectivity index (χ4v) is 2.70. The van der Waals surface area contributed by atoms with Gasteiger partial charge in [0.25, 0.3) is 0 Å². The van der Waals surface area contributed by atoms with Crippen LogP contribution in [0.25, 0.3) is 0 Å². The van der Waals surface area contributed by atoms with Crippen molar-refractivity contribution < 1.29 is 33.0 Å². The summed E-state index contributed by atoms with van der Waals surface area (Å²) in [7, 11) is 1.26. The van der Waals surface area contributed by atoms with Crippen molar-refractivity contribution in [2.24, 2.45) is 0 Å². The van der Waals surface area contributed by atoms with Crippen molar-refractivity contribution in [3.63, 3.8) is 0 Å². The van der Waals surface area contributed by atoms with E-state index in [0.717, 1.165) is 12.0 Å². The molecule has 3 rings (SSSR count). The molecule has 0 unspecified atom stereocenters. The van der Waals surface area contributed by atoms with Crippen LogP contribution in [0.15, 0.2) is 34.7 Å². The van der Waals surface area contributed by atoms with Crippen molar-refractivity contribution in [1.82, 2.24) is 0 Å². The molecule has 2 heterocycles. The highest BCUT2D eigenvalue weighted by Gasteiger charge is 2.32. The Bertz CT molecular complexity index is 819. The third-order valence-corrected chi connectivity index (χ3v) is 3.82. The largest absolute Gasteiger partial charge is 0.483 e. The number of ether oxygens (including phenoxy) is 4. The molecular weight excluding hydrogens is 340 g/mol. The third kappa shape index (κ3) is 3.99. The highest BCUT2D eigenvalue weighted by molar-refractivity contribution is 5.86. The first-order valence-electron chi connectivity index (χ1n) is 8.14. The molecule has 0 radical (unpaired) electrons. The Labute approximate surface area is 150 Å². The number of hydrogen-bond donors (Lipinski definition) is 0. The van der Waals surface area contributed by atoms with Gasteiger partial charge in [-0.1, -0.05) is 12.1 Å². The summed E-state index contributed by atoms with van der Waals surface area (Å²) in [6.07, 6.45) is 0.783. The summed E-state index contributed by atoms with van der Waals surface area (Å²) in [6, 6.07) is 8.59. The minimum absolute atomic E-state index is 0.0504. The fourth-order valence-electron chi connectivity index (χ4n) is 2.70. The molecule has 0 atom stereocenters. The van der Waals surface area contributed by atoms with Crippen LogP contribution in [-0.4, -0.2) is 31.3 Å². The molecule has 0 aliphatic carbocycles. The second kappa shape index (κ2) is 7.11. The predicted octanol–water partition coefficient (Wildman–Crippen LogP) is 2.90. The highest BCUT2D eigenvalue weighted by atomic mass is 16.6. The second-order valence-electron chi connectivity index (χ2n) is 6.49. The van der Waals surface area contributed by atoms with E-state index in [0.29, 0.717) is 17.3 Å². The van der Waals surface area contributed by atoms with Gasteiger partial charge >= 0.3 is 11.9 Å². The summed E-state index contributed by atoms with van der Waals surface area (Å²) in [4.78, 5) is 23.2. The number of fused-ring (bicyclic) bond motifs is 1. The monoisotopic (exact) mass is 360 g/mol. The van der Waals surface area contributed by atoms with E-state index in [-0.39, 0.29) is 24.6 Å². The van der Waals surface area contributed by atoms with Crippen LogP contribution in [0.5, 0.6) is 11.5 Å². The highest BCUT2D eigenvalue weighted by Crippen LogP contribution is 2.41. The van der Waals surface area contributed by atoms with E-state index in [4.69, 9.17) is 18.6 Å². The van der Waals surface area contributed by atoms with Crippen molar-refractivity contribution in [3.05, 3.63) is 47.4 Å². The van der Waals surface area contributed by atoms with E-state index in [1.54, 1.807) is 12.1 Å². The molecule has 26 heavy (non-hydrogen) atoms. The zero-order valence-electron chi connectivity index (χ0n) is 14.9. The van der Waals surface area contributed by atoms with Crippen molar-refractivity contribution in [1.29, 1.82) is 0 Å². The molecule has 138 valence electrons. The summed E-state index contributed by atoms with van der Waals surface area (Å²) >= 11 is 0. The first kappa shape index (κ1) is 17.8. The van der Waals surface area contributed by atoms with E-state index in [1.165, 1.54) is 13.2 Å². The maximum absolute atomic E-state index is 11.9. The lowest BCUT2D eigenvalue weighted by molar-refractivity contribution is -0.147. The molecule has 1 aromatic carbocycles. The topological polar surface area (TPSA) is 84.2 Å². The number of rotatable bonds is 6. The lowest BCUT2D eigenvalue weighted by atomic mass is 10.0. The van der Waals surface area contributed by atoms with Crippen molar-refractivity contribution >= 4 is 11.9 Å². The minimum atomic E-state index is -0.591. The van der Waals surface area contributed by atoms with E-state index < -0.39 is 11.9 Å². The molecule has 0 spiro atoms. The van der Waals surface area contributed by atoms with Crippen LogP contribution in [0.1, 0.15) is 35.7 Å². The average molecular weight is 360 g/mol. The van der Waals surface area contributed by atoms with Gasteiger partial charge in [0.15, 0.2) is 18.1 Å². The van der Waals surface area contributed by atoms with Crippen LogP contribution in [-0.2, 0) is 27.3 Å². The number of carbonyl (C=O) groups excluding carboxylic acids is 2. The third-order valence-electron chi connectivity index (χ3n) is 3.82. The summed E-state index contributed by atoms with van der Waals surface area (Å²) in [5.74, 6) is 0.413.